The van der Waals surface area contributed by atoms with Crippen molar-refractivity contribution in [1.29, 1.82) is 0 Å². The quantitative estimate of drug-likeness (QED) is 0.619. The molecule has 1 saturated carbocycles. The molecule has 0 bridgehead atoms. The molecule has 3 fully saturated rings. The highest BCUT2D eigenvalue weighted by molar-refractivity contribution is 5.83. The third-order valence-corrected chi connectivity index (χ3v) is 8.78. The van der Waals surface area contributed by atoms with Crippen LogP contribution >= 0.6 is 0 Å². The average molecular weight is 497 g/mol. The van der Waals surface area contributed by atoms with Crippen LogP contribution in [0.5, 0.6) is 0 Å². The molecule has 196 valence electrons. The third-order valence-electron chi connectivity index (χ3n) is 8.78. The summed E-state index contributed by atoms with van der Waals surface area (Å²) in [6, 6.07) is 5.91. The van der Waals surface area contributed by atoms with Crippen LogP contribution in [0.2, 0.25) is 0 Å². The smallest absolute Gasteiger partial charge is 0.385 e. The maximum Gasteiger partial charge on any atom is 0.416 e. The van der Waals surface area contributed by atoms with Crippen molar-refractivity contribution in [3.8, 4) is 0 Å². The van der Waals surface area contributed by atoms with E-state index in [1.807, 2.05) is 0 Å². The predicted molar refractivity (Wildman–Crippen MR) is 128 cm³/mol. The van der Waals surface area contributed by atoms with Gasteiger partial charge in [0.2, 0.25) is 5.91 Å². The second-order valence-corrected chi connectivity index (χ2v) is 11.2. The Balaban J connectivity index is 1.44. The lowest BCUT2D eigenvalue weighted by molar-refractivity contribution is -0.151. The molecule has 0 spiro atoms. The number of benzene rings is 1. The number of rotatable bonds is 5. The first-order chi connectivity index (χ1) is 16.5. The summed E-state index contributed by atoms with van der Waals surface area (Å²) < 4.78 is 46.3. The molecule has 8 heteroatoms. The summed E-state index contributed by atoms with van der Waals surface area (Å²) in [4.78, 5) is 15.6. The van der Waals surface area contributed by atoms with Crippen molar-refractivity contribution in [2.45, 2.75) is 83.2 Å². The second-order valence-electron chi connectivity index (χ2n) is 11.2. The number of aliphatic hydroxyl groups is 1. The normalized spacial score (nSPS) is 31.7. The van der Waals surface area contributed by atoms with Crippen LogP contribution in [0, 0.1) is 17.3 Å². The lowest BCUT2D eigenvalue weighted by atomic mass is 9.73. The molecule has 1 aromatic carbocycles. The molecule has 3 aliphatic rings. The Labute approximate surface area is 206 Å². The van der Waals surface area contributed by atoms with Crippen LogP contribution < -0.4 is 5.32 Å². The number of halogens is 3. The number of hydrogen-bond acceptors (Lipinski definition) is 4. The van der Waals surface area contributed by atoms with E-state index in [9.17, 15) is 23.1 Å². The molecule has 5 nitrogen and oxygen atoms in total. The first-order valence-corrected chi connectivity index (χ1v) is 13.0. The molecular weight excluding hydrogens is 457 g/mol. The topological polar surface area (TPSA) is 61.8 Å². The van der Waals surface area contributed by atoms with Gasteiger partial charge in [0.1, 0.15) is 0 Å². The highest BCUT2D eigenvalue weighted by atomic mass is 19.4. The Hall–Kier alpha value is -1.64. The molecule has 0 aromatic heterocycles. The Kier molecular flexibility index (Phi) is 7.56. The van der Waals surface area contributed by atoms with E-state index in [1.54, 1.807) is 4.90 Å². The van der Waals surface area contributed by atoms with Gasteiger partial charge in [0, 0.05) is 31.8 Å². The summed E-state index contributed by atoms with van der Waals surface area (Å²) in [5.41, 5.74) is -2.96. The minimum Gasteiger partial charge on any atom is -0.385 e. The largest absolute Gasteiger partial charge is 0.416 e. The minimum atomic E-state index is -4.53. The van der Waals surface area contributed by atoms with Gasteiger partial charge < -0.3 is 20.1 Å². The molecule has 1 aromatic rings. The van der Waals surface area contributed by atoms with Gasteiger partial charge in [-0.3, -0.25) is 4.79 Å². The minimum absolute atomic E-state index is 0.0861. The molecular formula is C27H39F3N2O3. The third kappa shape index (κ3) is 5.25. The molecule has 35 heavy (non-hydrogen) atoms. The Morgan fingerprint density at radius 3 is 2.49 bits per heavy atom. The fourth-order valence-corrected chi connectivity index (χ4v) is 6.41. The molecule has 4 rings (SSSR count). The molecule has 2 unspecified atom stereocenters. The van der Waals surface area contributed by atoms with Crippen molar-refractivity contribution in [3.63, 3.8) is 0 Å². The Morgan fingerprint density at radius 1 is 1.17 bits per heavy atom. The fraction of sp³-hybridized carbons (Fsp3) is 0.741. The molecule has 1 aliphatic carbocycles. The zero-order valence-corrected chi connectivity index (χ0v) is 21.0. The molecule has 2 N–H and O–H groups in total. The van der Waals surface area contributed by atoms with Gasteiger partial charge in [0.05, 0.1) is 23.2 Å². The van der Waals surface area contributed by atoms with Gasteiger partial charge in [-0.15, -0.1) is 0 Å². The SMILES string of the molecule is CC1COCCC1N[C@@H]1CC[C@@](C(=O)N2CCC(O)(c3ccccc3C(F)(F)F)CC2)(C(C)C)C1. The highest BCUT2D eigenvalue weighted by Crippen LogP contribution is 2.48. The number of hydrogen-bond donors (Lipinski definition) is 2. The van der Waals surface area contributed by atoms with Crippen LogP contribution in [0.1, 0.15) is 70.4 Å². The van der Waals surface area contributed by atoms with Crippen molar-refractivity contribution in [1.82, 2.24) is 10.2 Å². The second kappa shape index (κ2) is 10.0. The number of carbonyl (C=O) groups is 1. The van der Waals surface area contributed by atoms with E-state index in [4.69, 9.17) is 4.74 Å². The summed E-state index contributed by atoms with van der Waals surface area (Å²) >= 11 is 0. The number of nitrogens with one attached hydrogen (secondary N) is 1. The van der Waals surface area contributed by atoms with Crippen LogP contribution in [0.4, 0.5) is 13.2 Å². The van der Waals surface area contributed by atoms with E-state index in [2.05, 4.69) is 26.1 Å². The molecule has 1 amide bonds. The van der Waals surface area contributed by atoms with Crippen molar-refractivity contribution >= 4 is 5.91 Å². The molecule has 0 radical (unpaired) electrons. The average Bonchev–Trinajstić information content (AvgIpc) is 3.25. The molecule has 2 heterocycles. The van der Waals surface area contributed by atoms with Crippen LogP contribution in [0.3, 0.4) is 0 Å². The van der Waals surface area contributed by atoms with Crippen LogP contribution in [0.25, 0.3) is 0 Å². The van der Waals surface area contributed by atoms with E-state index in [0.717, 1.165) is 45.0 Å². The number of alkyl halides is 3. The first kappa shape index (κ1) is 26.4. The number of amides is 1. The number of carbonyl (C=O) groups excluding carboxylic acids is 1. The number of piperidine rings is 1. The zero-order valence-electron chi connectivity index (χ0n) is 21.0. The summed E-state index contributed by atoms with van der Waals surface area (Å²) in [6.45, 7) is 8.41. The van der Waals surface area contributed by atoms with Crippen molar-refractivity contribution in [2.24, 2.45) is 17.3 Å². The molecule has 2 aliphatic heterocycles. The summed E-state index contributed by atoms with van der Waals surface area (Å²) in [5, 5.41) is 15.0. The van der Waals surface area contributed by atoms with Gasteiger partial charge in [-0.25, -0.2) is 0 Å². The van der Waals surface area contributed by atoms with E-state index >= 15 is 0 Å². The Bertz CT molecular complexity index is 898. The van der Waals surface area contributed by atoms with Crippen molar-refractivity contribution in [3.05, 3.63) is 35.4 Å². The van der Waals surface area contributed by atoms with Gasteiger partial charge in [-0.2, -0.15) is 13.2 Å². The van der Waals surface area contributed by atoms with Gasteiger partial charge in [-0.1, -0.05) is 39.0 Å². The maximum absolute atomic E-state index is 13.9. The maximum atomic E-state index is 13.9. The highest BCUT2D eigenvalue weighted by Gasteiger charge is 2.51. The van der Waals surface area contributed by atoms with Crippen LogP contribution in [0.15, 0.2) is 24.3 Å². The predicted octanol–water partition coefficient (Wildman–Crippen LogP) is 4.72. The van der Waals surface area contributed by atoms with Gasteiger partial charge >= 0.3 is 6.18 Å². The van der Waals surface area contributed by atoms with E-state index in [1.165, 1.54) is 18.2 Å². The summed E-state index contributed by atoms with van der Waals surface area (Å²) in [6.07, 6.45) is -0.853. The lowest BCUT2D eigenvalue weighted by Crippen LogP contribution is -2.52. The molecule has 2 saturated heterocycles. The fourth-order valence-electron chi connectivity index (χ4n) is 6.41. The summed E-state index contributed by atoms with van der Waals surface area (Å²) in [7, 11) is 0. The summed E-state index contributed by atoms with van der Waals surface area (Å²) in [5.74, 6) is 0.677. The zero-order chi connectivity index (χ0) is 25.4. The van der Waals surface area contributed by atoms with Crippen molar-refractivity contribution < 1.29 is 27.8 Å². The standard InChI is InChI=1S/C27H39F3N2O3/c1-18(2)25(10-8-20(16-25)31-23-9-15-35-17-19(23)3)24(33)32-13-11-26(34,12-14-32)21-6-4-5-7-22(21)27(28,29)30/h4-7,18-20,23,31,34H,8-17H2,1-3H3/t19?,20-,23?,25+/m1/s1. The van der Waals surface area contributed by atoms with Crippen LogP contribution in [-0.2, 0) is 21.3 Å². The number of ether oxygens (including phenoxy) is 1. The number of likely N-dealkylation sites (tertiary alicyclic amines) is 1. The van der Waals surface area contributed by atoms with Crippen LogP contribution in [-0.4, -0.2) is 54.3 Å². The van der Waals surface area contributed by atoms with Crippen molar-refractivity contribution in [2.75, 3.05) is 26.3 Å². The number of nitrogens with zero attached hydrogens (tertiary/aromatic N) is 1. The molecule has 4 atom stereocenters. The van der Waals surface area contributed by atoms with Gasteiger partial charge in [0.25, 0.3) is 0 Å². The lowest BCUT2D eigenvalue weighted by Gasteiger charge is -2.44. The van der Waals surface area contributed by atoms with E-state index in [-0.39, 0.29) is 49.4 Å². The monoisotopic (exact) mass is 496 g/mol. The Morgan fingerprint density at radius 2 is 1.86 bits per heavy atom. The van der Waals surface area contributed by atoms with E-state index < -0.39 is 22.8 Å². The first-order valence-electron chi connectivity index (χ1n) is 13.0. The van der Waals surface area contributed by atoms with Gasteiger partial charge in [-0.05, 0) is 62.0 Å². The van der Waals surface area contributed by atoms with E-state index in [0.29, 0.717) is 12.0 Å². The van der Waals surface area contributed by atoms with Gasteiger partial charge in [0.15, 0.2) is 0 Å².